The molecule has 2 N–H and O–H groups in total. The van der Waals surface area contributed by atoms with Gasteiger partial charge in [-0.2, -0.15) is 0 Å². The Morgan fingerprint density at radius 3 is 2.75 bits per heavy atom. The summed E-state index contributed by atoms with van der Waals surface area (Å²) < 4.78 is 0.467. The molecule has 4 rings (SSSR count). The Morgan fingerprint density at radius 1 is 1.12 bits per heavy atom. The highest BCUT2D eigenvalue weighted by molar-refractivity contribution is 8.26. The van der Waals surface area contributed by atoms with E-state index in [1.54, 1.807) is 6.08 Å². The summed E-state index contributed by atoms with van der Waals surface area (Å²) in [5.74, 6) is -0.177. The molecule has 7 heteroatoms. The number of benzene rings is 1. The number of nitrogens with one attached hydrogen (secondary N) is 2. The summed E-state index contributed by atoms with van der Waals surface area (Å²) in [5.41, 5.74) is 2.15. The van der Waals surface area contributed by atoms with Crippen molar-refractivity contribution in [3.63, 3.8) is 0 Å². The molecule has 1 amide bonds. The van der Waals surface area contributed by atoms with Crippen LogP contribution in [0.4, 0.5) is 0 Å². The zero-order valence-electron chi connectivity index (χ0n) is 12.2. The second-order valence-corrected chi connectivity index (χ2v) is 7.85. The molecule has 3 aromatic rings. The van der Waals surface area contributed by atoms with Crippen LogP contribution in [0.15, 0.2) is 51.5 Å². The summed E-state index contributed by atoms with van der Waals surface area (Å²) in [6, 6.07) is 11.5. The van der Waals surface area contributed by atoms with Gasteiger partial charge in [0.25, 0.3) is 11.5 Å². The zero-order chi connectivity index (χ0) is 16.7. The van der Waals surface area contributed by atoms with Crippen molar-refractivity contribution in [1.29, 1.82) is 0 Å². The minimum atomic E-state index is -0.177. The van der Waals surface area contributed by atoms with Crippen molar-refractivity contribution >= 4 is 62.5 Å². The molecule has 1 fully saturated rings. The molecule has 0 unspecified atom stereocenters. The lowest BCUT2D eigenvalue weighted by atomic mass is 10.1. The number of H-pyrrole nitrogens is 1. The predicted molar refractivity (Wildman–Crippen MR) is 104 cm³/mol. The summed E-state index contributed by atoms with van der Waals surface area (Å²) >= 11 is 7.71. The number of amides is 1. The molecule has 118 valence electrons. The van der Waals surface area contributed by atoms with Crippen LogP contribution >= 0.6 is 35.3 Å². The molecular weight excluding hydrogens is 360 g/mol. The Labute approximate surface area is 150 Å². The molecule has 0 atom stereocenters. The van der Waals surface area contributed by atoms with Gasteiger partial charge in [-0.3, -0.25) is 9.59 Å². The second kappa shape index (κ2) is 6.01. The lowest BCUT2D eigenvalue weighted by Crippen LogP contribution is -2.17. The lowest BCUT2D eigenvalue weighted by Gasteiger charge is -2.01. The minimum absolute atomic E-state index is 0.125. The van der Waals surface area contributed by atoms with Crippen molar-refractivity contribution in [1.82, 2.24) is 10.3 Å². The highest BCUT2D eigenvalue weighted by atomic mass is 32.2. The number of thiocarbonyl (C=S) groups is 1. The van der Waals surface area contributed by atoms with Crippen LogP contribution in [0.1, 0.15) is 4.88 Å². The average Bonchev–Trinajstić information content (AvgIpc) is 3.13. The summed E-state index contributed by atoms with van der Waals surface area (Å²) in [4.78, 5) is 28.4. The number of carbonyl (C=O) groups excluding carboxylic acids is 1. The van der Waals surface area contributed by atoms with Crippen LogP contribution in [0.2, 0.25) is 0 Å². The van der Waals surface area contributed by atoms with Crippen LogP contribution in [0, 0.1) is 0 Å². The Kier molecular flexibility index (Phi) is 3.84. The van der Waals surface area contributed by atoms with E-state index in [9.17, 15) is 9.59 Å². The number of hydrogen-bond acceptors (Lipinski definition) is 5. The topological polar surface area (TPSA) is 62.0 Å². The van der Waals surface area contributed by atoms with Crippen LogP contribution in [0.3, 0.4) is 0 Å². The van der Waals surface area contributed by atoms with Crippen molar-refractivity contribution in [3.8, 4) is 11.1 Å². The van der Waals surface area contributed by atoms with Gasteiger partial charge < -0.3 is 10.3 Å². The molecule has 4 nitrogen and oxygen atoms in total. The van der Waals surface area contributed by atoms with Crippen LogP contribution in [0.25, 0.3) is 28.1 Å². The van der Waals surface area contributed by atoms with Crippen molar-refractivity contribution in [2.24, 2.45) is 0 Å². The Bertz CT molecular complexity index is 1080. The van der Waals surface area contributed by atoms with Gasteiger partial charge in [0, 0.05) is 16.0 Å². The van der Waals surface area contributed by atoms with Gasteiger partial charge >= 0.3 is 0 Å². The first-order chi connectivity index (χ1) is 11.6. The third-order valence-electron chi connectivity index (χ3n) is 3.60. The molecular formula is C17H10N2O2S3. The van der Waals surface area contributed by atoms with Gasteiger partial charge in [-0.15, -0.1) is 11.3 Å². The molecule has 0 saturated carbocycles. The molecule has 1 aliphatic heterocycles. The molecule has 3 heterocycles. The predicted octanol–water partition coefficient (Wildman–Crippen LogP) is 3.75. The Morgan fingerprint density at radius 2 is 1.96 bits per heavy atom. The van der Waals surface area contributed by atoms with E-state index in [1.165, 1.54) is 23.1 Å². The summed E-state index contributed by atoms with van der Waals surface area (Å²) in [7, 11) is 0. The number of pyridine rings is 1. The maximum atomic E-state index is 12.3. The first-order valence-electron chi connectivity index (χ1n) is 7.06. The Hall–Kier alpha value is -2.22. The normalized spacial score (nSPS) is 16.1. The summed E-state index contributed by atoms with van der Waals surface area (Å²) in [5, 5.41) is 5.49. The molecule has 1 aliphatic rings. The van der Waals surface area contributed by atoms with Gasteiger partial charge in [0.2, 0.25) is 0 Å². The number of aromatic amines is 1. The lowest BCUT2D eigenvalue weighted by molar-refractivity contribution is -0.115. The number of fused-ring (bicyclic) bond motifs is 1. The fourth-order valence-electron chi connectivity index (χ4n) is 2.48. The van der Waals surface area contributed by atoms with E-state index in [0.29, 0.717) is 14.8 Å². The highest BCUT2D eigenvalue weighted by Gasteiger charge is 2.22. The molecule has 0 spiro atoms. The molecule has 1 aromatic carbocycles. The van der Waals surface area contributed by atoms with Gasteiger partial charge in [-0.25, -0.2) is 0 Å². The second-order valence-electron chi connectivity index (χ2n) is 5.19. The number of aromatic nitrogens is 1. The first-order valence-corrected chi connectivity index (χ1v) is 9.16. The van der Waals surface area contributed by atoms with E-state index in [-0.39, 0.29) is 11.5 Å². The first kappa shape index (κ1) is 15.3. The van der Waals surface area contributed by atoms with Gasteiger partial charge in [0.1, 0.15) is 4.32 Å². The van der Waals surface area contributed by atoms with E-state index < -0.39 is 0 Å². The maximum Gasteiger partial charge on any atom is 0.263 e. The van der Waals surface area contributed by atoms with E-state index >= 15 is 0 Å². The SMILES string of the molecule is O=C1NC(=S)S/C1=C\c1cc(-c2cc3ccccc3[nH]c2=O)cs1. The summed E-state index contributed by atoms with van der Waals surface area (Å²) in [6.45, 7) is 0. The van der Waals surface area contributed by atoms with Crippen molar-refractivity contribution in [2.75, 3.05) is 0 Å². The maximum absolute atomic E-state index is 12.3. The monoisotopic (exact) mass is 370 g/mol. The molecule has 0 radical (unpaired) electrons. The highest BCUT2D eigenvalue weighted by Crippen LogP contribution is 2.30. The van der Waals surface area contributed by atoms with E-state index in [1.807, 2.05) is 41.8 Å². The van der Waals surface area contributed by atoms with Crippen LogP contribution < -0.4 is 10.9 Å². The number of thioether (sulfide) groups is 1. The molecule has 2 aromatic heterocycles. The number of rotatable bonds is 2. The third kappa shape index (κ3) is 2.82. The van der Waals surface area contributed by atoms with E-state index in [0.717, 1.165) is 21.3 Å². The smallest absolute Gasteiger partial charge is 0.263 e. The largest absolute Gasteiger partial charge is 0.321 e. The van der Waals surface area contributed by atoms with Gasteiger partial charge in [0.15, 0.2) is 0 Å². The van der Waals surface area contributed by atoms with Crippen molar-refractivity contribution in [3.05, 3.63) is 61.9 Å². The van der Waals surface area contributed by atoms with Crippen molar-refractivity contribution in [2.45, 2.75) is 0 Å². The number of carbonyl (C=O) groups is 1. The molecule has 0 aliphatic carbocycles. The van der Waals surface area contributed by atoms with Gasteiger partial charge in [0.05, 0.1) is 4.91 Å². The van der Waals surface area contributed by atoms with E-state index in [2.05, 4.69) is 10.3 Å². The van der Waals surface area contributed by atoms with Crippen LogP contribution in [-0.4, -0.2) is 15.2 Å². The van der Waals surface area contributed by atoms with Crippen molar-refractivity contribution < 1.29 is 4.79 Å². The third-order valence-corrected chi connectivity index (χ3v) is 5.64. The molecule has 0 bridgehead atoms. The number of hydrogen-bond donors (Lipinski definition) is 2. The Balaban J connectivity index is 1.74. The quantitative estimate of drug-likeness (QED) is 0.533. The van der Waals surface area contributed by atoms with Crippen LogP contribution in [-0.2, 0) is 4.79 Å². The van der Waals surface area contributed by atoms with Gasteiger partial charge in [-0.05, 0) is 40.6 Å². The standard InChI is InChI=1S/C17H10N2O2S3/c20-15-12(6-9-3-1-2-4-13(9)18-15)10-5-11(23-8-10)7-14-16(21)19-17(22)24-14/h1-8H,(H,18,20)(H,19,21,22)/b14-7-. The fourth-order valence-corrected chi connectivity index (χ4v) is 4.43. The molecule has 1 saturated heterocycles. The zero-order valence-corrected chi connectivity index (χ0v) is 14.6. The fraction of sp³-hybridized carbons (Fsp3) is 0. The number of para-hydroxylation sites is 1. The average molecular weight is 370 g/mol. The summed E-state index contributed by atoms with van der Waals surface area (Å²) in [6.07, 6.45) is 1.79. The van der Waals surface area contributed by atoms with Gasteiger partial charge in [-0.1, -0.05) is 42.2 Å². The molecule has 24 heavy (non-hydrogen) atoms. The van der Waals surface area contributed by atoms with E-state index in [4.69, 9.17) is 12.2 Å². The minimum Gasteiger partial charge on any atom is -0.321 e. The van der Waals surface area contributed by atoms with Crippen LogP contribution in [0.5, 0.6) is 0 Å². The number of thiophene rings is 1.